The van der Waals surface area contributed by atoms with E-state index >= 15 is 0 Å². The average Bonchev–Trinajstić information content (AvgIpc) is 2.86. The number of nitrogens with one attached hydrogen (secondary N) is 2. The van der Waals surface area contributed by atoms with Gasteiger partial charge in [0.15, 0.2) is 0 Å². The molecule has 0 saturated heterocycles. The molecule has 2 amide bonds. The van der Waals surface area contributed by atoms with E-state index in [9.17, 15) is 24.3 Å². The Kier molecular flexibility index (Phi) is 8.52. The van der Waals surface area contributed by atoms with E-state index in [0.717, 1.165) is 18.2 Å². The quantitative estimate of drug-likeness (QED) is 0.296. The van der Waals surface area contributed by atoms with E-state index in [1.807, 2.05) is 0 Å². The molecule has 0 spiro atoms. The first kappa shape index (κ1) is 26.1. The van der Waals surface area contributed by atoms with Crippen LogP contribution in [0.15, 0.2) is 65.6 Å². The van der Waals surface area contributed by atoms with Crippen molar-refractivity contribution in [1.29, 1.82) is 0 Å². The molecule has 0 fully saturated rings. The van der Waals surface area contributed by atoms with Crippen LogP contribution in [0.3, 0.4) is 0 Å². The van der Waals surface area contributed by atoms with Crippen LogP contribution in [0.25, 0.3) is 0 Å². The topological polar surface area (TPSA) is 151 Å². The maximum atomic E-state index is 12.7. The molecule has 0 aliphatic carbocycles. The van der Waals surface area contributed by atoms with Crippen LogP contribution in [0.4, 0.5) is 11.4 Å². The van der Waals surface area contributed by atoms with Crippen LogP contribution in [-0.4, -0.2) is 53.9 Å². The van der Waals surface area contributed by atoms with E-state index in [1.54, 1.807) is 42.5 Å². The summed E-state index contributed by atoms with van der Waals surface area (Å²) in [5.74, 6) is -2.56. The molecule has 0 aliphatic rings. The number of thioether (sulfide) groups is 1. The third-order valence-electron chi connectivity index (χ3n) is 4.84. The predicted molar refractivity (Wildman–Crippen MR) is 134 cm³/mol. The third-order valence-corrected chi connectivity index (χ3v) is 5.83. The summed E-state index contributed by atoms with van der Waals surface area (Å²) in [5, 5.41) is 23.8. The van der Waals surface area contributed by atoms with E-state index in [-0.39, 0.29) is 22.8 Å². The number of benzene rings is 3. The third kappa shape index (κ3) is 6.76. The second kappa shape index (κ2) is 11.8. The molecule has 0 atom stereocenters. The molecule has 11 heteroatoms. The fraction of sp³-hybridized carbons (Fsp3) is 0.120. The van der Waals surface area contributed by atoms with Crippen LogP contribution in [0.1, 0.15) is 31.1 Å². The van der Waals surface area contributed by atoms with E-state index < -0.39 is 23.4 Å². The van der Waals surface area contributed by atoms with Gasteiger partial charge >= 0.3 is 11.9 Å². The highest BCUT2D eigenvalue weighted by atomic mass is 32.2. The number of amides is 2. The van der Waals surface area contributed by atoms with Crippen LogP contribution in [0, 0.1) is 0 Å². The lowest BCUT2D eigenvalue weighted by molar-refractivity contribution is -0.113. The first-order valence-electron chi connectivity index (χ1n) is 10.4. The van der Waals surface area contributed by atoms with Gasteiger partial charge < -0.3 is 30.3 Å². The van der Waals surface area contributed by atoms with Gasteiger partial charge in [0.1, 0.15) is 11.5 Å². The largest absolute Gasteiger partial charge is 0.497 e. The molecular weight excluding hydrogens is 488 g/mol. The minimum absolute atomic E-state index is 0.0801. The number of aromatic carboxylic acids is 2. The fourth-order valence-electron chi connectivity index (χ4n) is 3.14. The van der Waals surface area contributed by atoms with Crippen molar-refractivity contribution in [2.45, 2.75) is 4.90 Å². The van der Waals surface area contributed by atoms with Crippen LogP contribution < -0.4 is 20.1 Å². The molecular formula is C25H22N2O8S. The molecule has 3 rings (SSSR count). The Hall–Kier alpha value is -4.51. The van der Waals surface area contributed by atoms with Gasteiger partial charge in [-0.2, -0.15) is 0 Å². The lowest BCUT2D eigenvalue weighted by Gasteiger charge is -2.11. The lowest BCUT2D eigenvalue weighted by atomic mass is 10.0. The summed E-state index contributed by atoms with van der Waals surface area (Å²) in [7, 11) is 3.02. The molecule has 0 heterocycles. The number of carboxylic acids is 2. The van der Waals surface area contributed by atoms with E-state index in [0.29, 0.717) is 27.8 Å². The van der Waals surface area contributed by atoms with Crippen LogP contribution in [0.2, 0.25) is 0 Å². The van der Waals surface area contributed by atoms with Gasteiger partial charge in [0.05, 0.1) is 36.7 Å². The fourth-order valence-corrected chi connectivity index (χ4v) is 3.89. The Morgan fingerprint density at radius 1 is 0.778 bits per heavy atom. The normalized spacial score (nSPS) is 10.3. The van der Waals surface area contributed by atoms with Crippen LogP contribution >= 0.6 is 11.8 Å². The molecule has 0 radical (unpaired) electrons. The lowest BCUT2D eigenvalue weighted by Crippen LogP contribution is -2.17. The van der Waals surface area contributed by atoms with Crippen molar-refractivity contribution >= 4 is 46.9 Å². The second-order valence-corrected chi connectivity index (χ2v) is 8.34. The maximum absolute atomic E-state index is 12.7. The van der Waals surface area contributed by atoms with Gasteiger partial charge in [0, 0.05) is 34.5 Å². The van der Waals surface area contributed by atoms with Crippen LogP contribution in [-0.2, 0) is 4.79 Å². The minimum atomic E-state index is -1.42. The smallest absolute Gasteiger partial charge is 0.336 e. The van der Waals surface area contributed by atoms with Crippen molar-refractivity contribution in [3.63, 3.8) is 0 Å². The molecule has 0 saturated carbocycles. The minimum Gasteiger partial charge on any atom is -0.497 e. The van der Waals surface area contributed by atoms with Gasteiger partial charge in [0.2, 0.25) is 5.91 Å². The molecule has 10 nitrogen and oxygen atoms in total. The predicted octanol–water partition coefficient (Wildman–Crippen LogP) is 4.08. The molecule has 3 aromatic carbocycles. The number of hydrogen-bond donors (Lipinski definition) is 4. The van der Waals surface area contributed by atoms with E-state index in [1.165, 1.54) is 26.0 Å². The zero-order chi connectivity index (χ0) is 26.2. The maximum Gasteiger partial charge on any atom is 0.336 e. The molecule has 0 bridgehead atoms. The van der Waals surface area contributed by atoms with Gasteiger partial charge in [-0.05, 0) is 36.4 Å². The summed E-state index contributed by atoms with van der Waals surface area (Å²) in [4.78, 5) is 48.5. The SMILES string of the molecule is COc1cc(NC(=O)CSc2cccc(NC(=O)c3ccc(C(=O)O)cc3C(=O)O)c2)cc(OC)c1. The zero-order valence-corrected chi connectivity index (χ0v) is 20.0. The molecule has 0 unspecified atom stereocenters. The standard InChI is InChI=1S/C25H22N2O8S/c1-34-17-9-16(10-18(12-17)35-2)26-22(28)13-36-19-5-3-4-15(11-19)27-23(29)20-7-6-14(24(30)31)8-21(20)25(32)33/h3-12H,13H2,1-2H3,(H,26,28)(H,27,29)(H,30,31)(H,32,33). The highest BCUT2D eigenvalue weighted by molar-refractivity contribution is 8.00. The Morgan fingerprint density at radius 3 is 2.08 bits per heavy atom. The highest BCUT2D eigenvalue weighted by Crippen LogP contribution is 2.27. The van der Waals surface area contributed by atoms with Gasteiger partial charge in [-0.3, -0.25) is 9.59 Å². The number of carboxylic acid groups (broad SMARTS) is 2. The van der Waals surface area contributed by atoms with Crippen molar-refractivity contribution in [1.82, 2.24) is 0 Å². The van der Waals surface area contributed by atoms with Crippen molar-refractivity contribution in [2.75, 3.05) is 30.6 Å². The number of hydrogen-bond acceptors (Lipinski definition) is 7. The number of methoxy groups -OCH3 is 2. The van der Waals surface area contributed by atoms with Gasteiger partial charge in [-0.25, -0.2) is 9.59 Å². The summed E-state index contributed by atoms with van der Waals surface area (Å²) in [6, 6.07) is 14.9. The van der Waals surface area contributed by atoms with Crippen molar-refractivity contribution in [3.8, 4) is 11.5 Å². The Labute approximate surface area is 210 Å². The molecule has 36 heavy (non-hydrogen) atoms. The highest BCUT2D eigenvalue weighted by Gasteiger charge is 2.19. The average molecular weight is 511 g/mol. The van der Waals surface area contributed by atoms with Crippen molar-refractivity contribution in [2.24, 2.45) is 0 Å². The summed E-state index contributed by atoms with van der Waals surface area (Å²) in [6.45, 7) is 0. The Bertz CT molecular complexity index is 1300. The number of anilines is 2. The second-order valence-electron chi connectivity index (χ2n) is 7.29. The number of carbonyl (C=O) groups is 4. The number of rotatable bonds is 10. The summed E-state index contributed by atoms with van der Waals surface area (Å²) in [5.41, 5.74) is 0.0398. The van der Waals surface area contributed by atoms with Gasteiger partial charge in [-0.1, -0.05) is 6.07 Å². The molecule has 4 N–H and O–H groups in total. The Morgan fingerprint density at radius 2 is 1.47 bits per heavy atom. The van der Waals surface area contributed by atoms with Gasteiger partial charge in [0.25, 0.3) is 5.91 Å². The molecule has 3 aromatic rings. The van der Waals surface area contributed by atoms with Gasteiger partial charge in [-0.15, -0.1) is 11.8 Å². The first-order valence-corrected chi connectivity index (χ1v) is 11.4. The molecule has 0 aromatic heterocycles. The van der Waals surface area contributed by atoms with Crippen molar-refractivity contribution in [3.05, 3.63) is 77.4 Å². The first-order chi connectivity index (χ1) is 17.2. The molecule has 0 aliphatic heterocycles. The monoisotopic (exact) mass is 510 g/mol. The summed E-state index contributed by atoms with van der Waals surface area (Å²) in [6.07, 6.45) is 0. The Balaban J connectivity index is 1.66. The molecule has 186 valence electrons. The number of carbonyl (C=O) groups excluding carboxylic acids is 2. The van der Waals surface area contributed by atoms with E-state index in [4.69, 9.17) is 14.6 Å². The summed E-state index contributed by atoms with van der Waals surface area (Å²) >= 11 is 1.23. The summed E-state index contributed by atoms with van der Waals surface area (Å²) < 4.78 is 10.4. The zero-order valence-electron chi connectivity index (χ0n) is 19.2. The van der Waals surface area contributed by atoms with Crippen LogP contribution in [0.5, 0.6) is 11.5 Å². The number of ether oxygens (including phenoxy) is 2. The van der Waals surface area contributed by atoms with Crippen molar-refractivity contribution < 1.29 is 38.9 Å². The van der Waals surface area contributed by atoms with E-state index in [2.05, 4.69) is 10.6 Å².